The Morgan fingerprint density at radius 1 is 0.941 bits per heavy atom. The van der Waals surface area contributed by atoms with E-state index in [9.17, 15) is 9.59 Å². The highest BCUT2D eigenvalue weighted by Crippen LogP contribution is 2.27. The number of carbonyl (C=O) groups is 2. The van der Waals surface area contributed by atoms with Gasteiger partial charge >= 0.3 is 0 Å². The lowest BCUT2D eigenvalue weighted by Crippen LogP contribution is -2.32. The second-order valence-electron chi connectivity index (χ2n) is 8.22. The van der Waals surface area contributed by atoms with Gasteiger partial charge in [-0.15, -0.1) is 0 Å². The monoisotopic (exact) mass is 456 g/mol. The smallest absolute Gasteiger partial charge is 0.259 e. The fourth-order valence-electron chi connectivity index (χ4n) is 4.02. The number of rotatable bonds is 10. The molecule has 2 aromatic heterocycles. The highest BCUT2D eigenvalue weighted by atomic mass is 16.5. The van der Waals surface area contributed by atoms with Crippen LogP contribution in [0.3, 0.4) is 0 Å². The Bertz CT molecular complexity index is 1240. The normalized spacial score (nSPS) is 10.9. The zero-order valence-electron chi connectivity index (χ0n) is 18.9. The maximum Gasteiger partial charge on any atom is 0.259 e. The van der Waals surface area contributed by atoms with E-state index in [1.165, 1.54) is 0 Å². The number of nitrogens with one attached hydrogen (secondary N) is 2. The van der Waals surface area contributed by atoms with Gasteiger partial charge in [0.15, 0.2) is 0 Å². The lowest BCUT2D eigenvalue weighted by atomic mass is 10.0. The van der Waals surface area contributed by atoms with E-state index in [2.05, 4.69) is 34.2 Å². The molecule has 34 heavy (non-hydrogen) atoms. The van der Waals surface area contributed by atoms with Crippen LogP contribution in [0.4, 0.5) is 5.69 Å². The van der Waals surface area contributed by atoms with Gasteiger partial charge in [-0.2, -0.15) is 0 Å². The molecule has 7 nitrogen and oxygen atoms in total. The Balaban J connectivity index is 1.47. The van der Waals surface area contributed by atoms with Gasteiger partial charge in [-0.05, 0) is 71.8 Å². The Morgan fingerprint density at radius 2 is 1.74 bits per heavy atom. The number of hydroxylamine groups is 1. The van der Waals surface area contributed by atoms with Crippen LogP contribution in [-0.4, -0.2) is 33.5 Å². The molecule has 2 aromatic carbocycles. The minimum absolute atomic E-state index is 0.0887. The summed E-state index contributed by atoms with van der Waals surface area (Å²) in [5.41, 5.74) is 6.34. The zero-order chi connectivity index (χ0) is 23.8. The van der Waals surface area contributed by atoms with Crippen molar-refractivity contribution in [2.75, 3.05) is 11.4 Å². The number of hydrogen-bond acceptors (Lipinski definition) is 4. The predicted molar refractivity (Wildman–Crippen MR) is 133 cm³/mol. The lowest BCUT2D eigenvalue weighted by molar-refractivity contribution is -0.129. The molecule has 3 N–H and O–H groups in total. The van der Waals surface area contributed by atoms with E-state index >= 15 is 0 Å². The molecule has 0 saturated heterocycles. The van der Waals surface area contributed by atoms with Gasteiger partial charge in [0.2, 0.25) is 5.91 Å². The summed E-state index contributed by atoms with van der Waals surface area (Å²) in [5, 5.41) is 9.74. The first-order valence-electron chi connectivity index (χ1n) is 11.5. The number of hydrogen-bond donors (Lipinski definition) is 3. The van der Waals surface area contributed by atoms with Crippen LogP contribution in [0.25, 0.3) is 22.0 Å². The van der Waals surface area contributed by atoms with Crippen molar-refractivity contribution >= 4 is 28.4 Å². The number of unbranched alkanes of at least 4 members (excludes halogenated alkanes) is 3. The molecule has 0 unspecified atom stereocenters. The molecule has 2 heterocycles. The zero-order valence-corrected chi connectivity index (χ0v) is 18.9. The molecule has 0 aliphatic heterocycles. The van der Waals surface area contributed by atoms with Gasteiger partial charge in [0.25, 0.3) is 5.91 Å². The van der Waals surface area contributed by atoms with E-state index in [-0.39, 0.29) is 11.8 Å². The minimum Gasteiger partial charge on any atom is -0.361 e. The van der Waals surface area contributed by atoms with Crippen LogP contribution in [0.2, 0.25) is 0 Å². The first kappa shape index (κ1) is 23.2. The summed E-state index contributed by atoms with van der Waals surface area (Å²) in [6.45, 7) is 0.564. The second kappa shape index (κ2) is 11.2. The average Bonchev–Trinajstić information content (AvgIpc) is 3.36. The third-order valence-electron chi connectivity index (χ3n) is 5.88. The van der Waals surface area contributed by atoms with E-state index in [0.717, 1.165) is 47.0 Å². The molecule has 0 radical (unpaired) electrons. The number of pyridine rings is 1. The van der Waals surface area contributed by atoms with Crippen molar-refractivity contribution in [2.24, 2.45) is 0 Å². The molecule has 0 bridgehead atoms. The number of H-pyrrole nitrogens is 1. The van der Waals surface area contributed by atoms with Crippen molar-refractivity contribution in [1.82, 2.24) is 15.4 Å². The Morgan fingerprint density at radius 3 is 2.50 bits per heavy atom. The van der Waals surface area contributed by atoms with Gasteiger partial charge in [-0.25, -0.2) is 5.48 Å². The van der Waals surface area contributed by atoms with Crippen LogP contribution in [0.15, 0.2) is 79.3 Å². The van der Waals surface area contributed by atoms with E-state index in [1.54, 1.807) is 34.9 Å². The molecule has 0 atom stereocenters. The minimum atomic E-state index is -0.371. The van der Waals surface area contributed by atoms with Gasteiger partial charge in [0.1, 0.15) is 0 Å². The summed E-state index contributed by atoms with van der Waals surface area (Å²) in [4.78, 5) is 33.5. The molecule has 4 rings (SSSR count). The quantitative estimate of drug-likeness (QED) is 0.171. The molecule has 4 aromatic rings. The topological polar surface area (TPSA) is 98.3 Å². The first-order chi connectivity index (χ1) is 16.7. The van der Waals surface area contributed by atoms with Crippen LogP contribution in [-0.2, 0) is 4.79 Å². The maximum atomic E-state index is 13.3. The molecular formula is C27H28N4O3. The number of anilines is 1. The SMILES string of the molecule is O=C(CCCCCCN(C(=O)c1cccnc1)c1ccc(-c2ccc3[nH]ccc3c2)cc1)NO. The number of fused-ring (bicyclic) bond motifs is 1. The number of aromatic nitrogens is 2. The van der Waals surface area contributed by atoms with Crippen molar-refractivity contribution < 1.29 is 14.8 Å². The summed E-state index contributed by atoms with van der Waals surface area (Å²) in [7, 11) is 0. The Labute approximate surface area is 198 Å². The van der Waals surface area contributed by atoms with Gasteiger partial charge < -0.3 is 9.88 Å². The van der Waals surface area contributed by atoms with Crippen molar-refractivity contribution in [3.8, 4) is 11.1 Å². The van der Waals surface area contributed by atoms with Crippen molar-refractivity contribution in [3.63, 3.8) is 0 Å². The lowest BCUT2D eigenvalue weighted by Gasteiger charge is -2.23. The van der Waals surface area contributed by atoms with Crippen molar-refractivity contribution in [2.45, 2.75) is 32.1 Å². The first-order valence-corrected chi connectivity index (χ1v) is 11.5. The largest absolute Gasteiger partial charge is 0.361 e. The molecular weight excluding hydrogens is 428 g/mol. The van der Waals surface area contributed by atoms with Crippen molar-refractivity contribution in [1.29, 1.82) is 0 Å². The summed E-state index contributed by atoms with van der Waals surface area (Å²) in [6, 6.07) is 19.9. The van der Waals surface area contributed by atoms with Crippen LogP contribution in [0, 0.1) is 0 Å². The highest BCUT2D eigenvalue weighted by Gasteiger charge is 2.18. The summed E-state index contributed by atoms with van der Waals surface area (Å²) in [6.07, 6.45) is 8.70. The number of amides is 2. The van der Waals surface area contributed by atoms with Gasteiger partial charge in [-0.3, -0.25) is 19.8 Å². The van der Waals surface area contributed by atoms with Crippen LogP contribution in [0.5, 0.6) is 0 Å². The fourth-order valence-corrected chi connectivity index (χ4v) is 4.02. The molecule has 7 heteroatoms. The number of aromatic amines is 1. The van der Waals surface area contributed by atoms with E-state index in [0.29, 0.717) is 24.9 Å². The van der Waals surface area contributed by atoms with Crippen LogP contribution < -0.4 is 10.4 Å². The Hall–Kier alpha value is -3.97. The van der Waals surface area contributed by atoms with Crippen LogP contribution >= 0.6 is 0 Å². The summed E-state index contributed by atoms with van der Waals surface area (Å²) >= 11 is 0. The molecule has 0 fully saturated rings. The average molecular weight is 457 g/mol. The molecule has 0 aliphatic rings. The van der Waals surface area contributed by atoms with Gasteiger partial charge in [0.05, 0.1) is 5.56 Å². The van der Waals surface area contributed by atoms with Crippen LogP contribution in [0.1, 0.15) is 42.5 Å². The van der Waals surface area contributed by atoms with E-state index in [4.69, 9.17) is 5.21 Å². The molecule has 0 saturated carbocycles. The maximum absolute atomic E-state index is 13.3. The third kappa shape index (κ3) is 5.68. The second-order valence-corrected chi connectivity index (χ2v) is 8.22. The predicted octanol–water partition coefficient (Wildman–Crippen LogP) is 5.33. The summed E-state index contributed by atoms with van der Waals surface area (Å²) in [5.74, 6) is -0.460. The highest BCUT2D eigenvalue weighted by molar-refractivity contribution is 6.06. The van der Waals surface area contributed by atoms with E-state index < -0.39 is 0 Å². The molecule has 2 amide bonds. The van der Waals surface area contributed by atoms with E-state index in [1.807, 2.05) is 30.5 Å². The number of nitrogens with zero attached hydrogens (tertiary/aromatic N) is 2. The Kier molecular flexibility index (Phi) is 7.67. The number of carbonyl (C=O) groups excluding carboxylic acids is 2. The molecule has 0 aliphatic carbocycles. The fraction of sp³-hybridized carbons (Fsp3) is 0.222. The van der Waals surface area contributed by atoms with Crippen molar-refractivity contribution in [3.05, 3.63) is 84.8 Å². The standard InChI is InChI=1S/C27H28N4O3/c32-26(30-34)7-3-1-2-4-17-31(27(33)23-6-5-15-28-19-23)24-11-8-20(9-12-24)21-10-13-25-22(18-21)14-16-29-25/h5-6,8-16,18-19,29,34H,1-4,7,17H2,(H,30,32). The number of benzene rings is 2. The molecule has 174 valence electrons. The molecule has 0 spiro atoms. The third-order valence-corrected chi connectivity index (χ3v) is 5.88. The van der Waals surface area contributed by atoms with Gasteiger partial charge in [0, 0.05) is 42.8 Å². The van der Waals surface area contributed by atoms with Gasteiger partial charge in [-0.1, -0.05) is 31.0 Å². The summed E-state index contributed by atoms with van der Waals surface area (Å²) < 4.78 is 0.